The molecule has 2 rings (SSSR count). The van der Waals surface area contributed by atoms with E-state index in [1.165, 1.54) is 6.07 Å². The van der Waals surface area contributed by atoms with E-state index >= 15 is 0 Å². The Morgan fingerprint density at radius 2 is 2.13 bits per heavy atom. The molecule has 0 spiro atoms. The van der Waals surface area contributed by atoms with Crippen molar-refractivity contribution in [3.8, 4) is 11.5 Å². The zero-order valence-electron chi connectivity index (χ0n) is 8.03. The zero-order valence-corrected chi connectivity index (χ0v) is 8.03. The molecule has 0 aliphatic carbocycles. The molecule has 1 unspecified atom stereocenters. The van der Waals surface area contributed by atoms with Crippen molar-refractivity contribution in [3.05, 3.63) is 23.5 Å². The maximum atomic E-state index is 12.9. The lowest BCUT2D eigenvalue weighted by Crippen LogP contribution is -2.33. The molecule has 1 aliphatic rings. The number of hydrogen-bond acceptors (Lipinski definition) is 4. The highest BCUT2D eigenvalue weighted by Crippen LogP contribution is 2.36. The number of nitrogens with one attached hydrogen (secondary N) is 1. The van der Waals surface area contributed by atoms with Gasteiger partial charge < -0.3 is 20.3 Å². The number of aromatic hydroxyl groups is 2. The Kier molecular flexibility index (Phi) is 2.75. The third-order valence-corrected chi connectivity index (χ3v) is 2.41. The normalized spacial score (nSPS) is 21.5. The number of morpholine rings is 1. The summed E-state index contributed by atoms with van der Waals surface area (Å²) in [6.45, 7) is 1.82. The monoisotopic (exact) mass is 213 g/mol. The fourth-order valence-electron chi connectivity index (χ4n) is 1.60. The van der Waals surface area contributed by atoms with Gasteiger partial charge in [0.05, 0.1) is 12.7 Å². The van der Waals surface area contributed by atoms with Crippen LogP contribution < -0.4 is 5.32 Å². The molecule has 0 amide bonds. The van der Waals surface area contributed by atoms with E-state index in [2.05, 4.69) is 5.32 Å². The van der Waals surface area contributed by atoms with Crippen molar-refractivity contribution in [1.29, 1.82) is 0 Å². The van der Waals surface area contributed by atoms with Crippen molar-refractivity contribution in [2.75, 3.05) is 19.7 Å². The van der Waals surface area contributed by atoms with E-state index in [9.17, 15) is 14.6 Å². The summed E-state index contributed by atoms with van der Waals surface area (Å²) < 4.78 is 18.2. The number of benzene rings is 1. The van der Waals surface area contributed by atoms with Gasteiger partial charge in [0.15, 0.2) is 17.3 Å². The van der Waals surface area contributed by atoms with Crippen molar-refractivity contribution in [2.24, 2.45) is 0 Å². The molecule has 1 aromatic rings. The van der Waals surface area contributed by atoms with Crippen LogP contribution in [-0.4, -0.2) is 29.9 Å². The number of halogens is 1. The molecule has 15 heavy (non-hydrogen) atoms. The van der Waals surface area contributed by atoms with E-state index in [1.54, 1.807) is 0 Å². The average molecular weight is 213 g/mol. The lowest BCUT2D eigenvalue weighted by atomic mass is 10.1. The molecule has 1 aromatic carbocycles. The summed E-state index contributed by atoms with van der Waals surface area (Å²) in [6.07, 6.45) is -0.342. The molecule has 82 valence electrons. The van der Waals surface area contributed by atoms with Gasteiger partial charge in [-0.2, -0.15) is 0 Å². The summed E-state index contributed by atoms with van der Waals surface area (Å²) >= 11 is 0. The van der Waals surface area contributed by atoms with Crippen LogP contribution in [0.5, 0.6) is 11.5 Å². The van der Waals surface area contributed by atoms with Gasteiger partial charge in [0.2, 0.25) is 0 Å². The third kappa shape index (κ3) is 1.88. The molecular weight excluding hydrogens is 201 g/mol. The Morgan fingerprint density at radius 3 is 2.80 bits per heavy atom. The van der Waals surface area contributed by atoms with Gasteiger partial charge in [0.25, 0.3) is 0 Å². The van der Waals surface area contributed by atoms with Crippen molar-refractivity contribution in [2.45, 2.75) is 6.10 Å². The van der Waals surface area contributed by atoms with Gasteiger partial charge >= 0.3 is 0 Å². The molecular formula is C10H12FNO3. The van der Waals surface area contributed by atoms with E-state index in [0.29, 0.717) is 18.7 Å². The van der Waals surface area contributed by atoms with E-state index < -0.39 is 17.3 Å². The van der Waals surface area contributed by atoms with E-state index in [4.69, 9.17) is 4.74 Å². The van der Waals surface area contributed by atoms with Gasteiger partial charge in [0, 0.05) is 18.7 Å². The molecule has 1 fully saturated rings. The number of ether oxygens (including phenoxy) is 1. The van der Waals surface area contributed by atoms with Crippen molar-refractivity contribution in [3.63, 3.8) is 0 Å². The summed E-state index contributed by atoms with van der Waals surface area (Å²) in [6, 6.07) is 2.53. The molecule has 4 nitrogen and oxygen atoms in total. The predicted molar refractivity (Wildman–Crippen MR) is 51.3 cm³/mol. The fraction of sp³-hybridized carbons (Fsp3) is 0.400. The van der Waals surface area contributed by atoms with E-state index in [-0.39, 0.29) is 6.10 Å². The smallest absolute Gasteiger partial charge is 0.194 e. The molecule has 0 bridgehead atoms. The molecule has 1 saturated heterocycles. The van der Waals surface area contributed by atoms with Gasteiger partial charge in [-0.3, -0.25) is 0 Å². The van der Waals surface area contributed by atoms with Gasteiger partial charge in [-0.15, -0.1) is 0 Å². The number of phenols is 2. The summed E-state index contributed by atoms with van der Waals surface area (Å²) in [4.78, 5) is 0. The first-order valence-electron chi connectivity index (χ1n) is 4.73. The lowest BCUT2D eigenvalue weighted by molar-refractivity contribution is 0.0260. The minimum absolute atomic E-state index is 0.342. The van der Waals surface area contributed by atoms with Gasteiger partial charge in [-0.05, 0) is 12.1 Å². The molecule has 3 N–H and O–H groups in total. The summed E-state index contributed by atoms with van der Waals surface area (Å²) in [5.74, 6) is -2.00. The van der Waals surface area contributed by atoms with Crippen LogP contribution in [-0.2, 0) is 4.74 Å². The summed E-state index contributed by atoms with van der Waals surface area (Å²) in [5.41, 5.74) is 0.404. The van der Waals surface area contributed by atoms with Crippen molar-refractivity contribution in [1.82, 2.24) is 5.32 Å². The largest absolute Gasteiger partial charge is 0.504 e. The first-order chi connectivity index (χ1) is 7.20. The standard InChI is InChI=1S/C10H12FNO3/c11-7-2-1-6(9(13)10(7)14)8-5-12-3-4-15-8/h1-2,8,12-14H,3-5H2. The number of hydrogen-bond donors (Lipinski definition) is 3. The Labute approximate surface area is 86.3 Å². The highest BCUT2D eigenvalue weighted by atomic mass is 19.1. The maximum absolute atomic E-state index is 12.9. The molecule has 0 saturated carbocycles. The van der Waals surface area contributed by atoms with Crippen LogP contribution in [0.1, 0.15) is 11.7 Å². The highest BCUT2D eigenvalue weighted by Gasteiger charge is 2.22. The zero-order chi connectivity index (χ0) is 10.8. The second-order valence-corrected chi connectivity index (χ2v) is 3.40. The van der Waals surface area contributed by atoms with Crippen LogP contribution in [0.25, 0.3) is 0 Å². The summed E-state index contributed by atoms with van der Waals surface area (Å²) in [7, 11) is 0. The Hall–Kier alpha value is -1.33. The second kappa shape index (κ2) is 4.04. The Bertz CT molecular complexity index is 364. The minimum Gasteiger partial charge on any atom is -0.504 e. The highest BCUT2D eigenvalue weighted by molar-refractivity contribution is 5.46. The second-order valence-electron chi connectivity index (χ2n) is 3.40. The molecule has 0 aromatic heterocycles. The molecule has 1 aliphatic heterocycles. The average Bonchev–Trinajstić information content (AvgIpc) is 2.27. The third-order valence-electron chi connectivity index (χ3n) is 2.41. The quantitative estimate of drug-likeness (QED) is 0.606. The predicted octanol–water partition coefficient (Wildman–Crippen LogP) is 0.898. The molecule has 5 heteroatoms. The van der Waals surface area contributed by atoms with Crippen LogP contribution in [0.3, 0.4) is 0 Å². The van der Waals surface area contributed by atoms with Crippen LogP contribution in [0.4, 0.5) is 4.39 Å². The van der Waals surface area contributed by atoms with Gasteiger partial charge in [-0.1, -0.05) is 0 Å². The minimum atomic E-state index is -0.833. The van der Waals surface area contributed by atoms with Crippen LogP contribution in [0, 0.1) is 5.82 Å². The van der Waals surface area contributed by atoms with Crippen molar-refractivity contribution < 1.29 is 19.3 Å². The van der Waals surface area contributed by atoms with Crippen LogP contribution in [0.15, 0.2) is 12.1 Å². The SMILES string of the molecule is Oc1c(F)ccc(C2CNCCO2)c1O. The Morgan fingerprint density at radius 1 is 1.33 bits per heavy atom. The van der Waals surface area contributed by atoms with Gasteiger partial charge in [0.1, 0.15) is 0 Å². The summed E-state index contributed by atoms with van der Waals surface area (Å²) in [5, 5.41) is 21.8. The first kappa shape index (κ1) is 10.2. The number of rotatable bonds is 1. The van der Waals surface area contributed by atoms with E-state index in [0.717, 1.165) is 12.6 Å². The van der Waals surface area contributed by atoms with Crippen LogP contribution >= 0.6 is 0 Å². The molecule has 1 atom stereocenters. The maximum Gasteiger partial charge on any atom is 0.194 e. The van der Waals surface area contributed by atoms with E-state index in [1.807, 2.05) is 0 Å². The number of phenolic OH excluding ortho intramolecular Hbond substituents is 2. The first-order valence-corrected chi connectivity index (χ1v) is 4.73. The van der Waals surface area contributed by atoms with Gasteiger partial charge in [-0.25, -0.2) is 4.39 Å². The Balaban J connectivity index is 2.31. The topological polar surface area (TPSA) is 61.7 Å². The fourth-order valence-corrected chi connectivity index (χ4v) is 1.60. The molecule has 1 heterocycles. The lowest BCUT2D eigenvalue weighted by Gasteiger charge is -2.24. The van der Waals surface area contributed by atoms with Crippen LogP contribution in [0.2, 0.25) is 0 Å². The molecule has 0 radical (unpaired) electrons. The van der Waals surface area contributed by atoms with Crippen molar-refractivity contribution >= 4 is 0 Å².